The summed E-state index contributed by atoms with van der Waals surface area (Å²) in [5, 5.41) is 9.84. The number of aldehydes is 1. The van der Waals surface area contributed by atoms with E-state index in [4.69, 9.17) is 9.53 Å². The third-order valence-electron chi connectivity index (χ3n) is 12.4. The predicted molar refractivity (Wildman–Crippen MR) is 148 cm³/mol. The lowest BCUT2D eigenvalue weighted by molar-refractivity contribution is -0.195. The molecule has 0 amide bonds. The van der Waals surface area contributed by atoms with Crippen molar-refractivity contribution >= 4 is 17.9 Å². The van der Waals surface area contributed by atoms with Crippen molar-refractivity contribution in [3.8, 4) is 6.07 Å². The number of methoxy groups -OCH3 is 1. The number of hydrogen-bond donors (Lipinski definition) is 0. The van der Waals surface area contributed by atoms with Crippen molar-refractivity contribution in [3.63, 3.8) is 0 Å². The molecule has 8 heteroatoms. The van der Waals surface area contributed by atoms with Crippen molar-refractivity contribution in [2.45, 2.75) is 99.1 Å². The normalized spacial score (nSPS) is 42.6. The van der Waals surface area contributed by atoms with Crippen molar-refractivity contribution in [1.82, 2.24) is 0 Å². The fourth-order valence-corrected chi connectivity index (χ4v) is 10.6. The van der Waals surface area contributed by atoms with Crippen LogP contribution < -0.4 is 0 Å². The molecule has 0 bridgehead atoms. The van der Waals surface area contributed by atoms with Gasteiger partial charge in [0.05, 0.1) is 12.2 Å². The van der Waals surface area contributed by atoms with Gasteiger partial charge < -0.3 is 4.74 Å². The molecule has 0 aliphatic heterocycles. The summed E-state index contributed by atoms with van der Waals surface area (Å²) in [5.41, 5.74) is -0.100. The Labute approximate surface area is 242 Å². The Balaban J connectivity index is 0.000000585. The van der Waals surface area contributed by atoms with Crippen LogP contribution in [0.3, 0.4) is 0 Å². The first-order valence-corrected chi connectivity index (χ1v) is 15.0. The van der Waals surface area contributed by atoms with E-state index in [9.17, 15) is 28.0 Å². The van der Waals surface area contributed by atoms with Crippen molar-refractivity contribution in [2.75, 3.05) is 13.7 Å². The van der Waals surface area contributed by atoms with Crippen LogP contribution in [0.2, 0.25) is 0 Å². The van der Waals surface area contributed by atoms with Gasteiger partial charge >= 0.3 is 6.18 Å². The minimum absolute atomic E-state index is 0.0162. The number of halogens is 3. The predicted octanol–water partition coefficient (Wildman–Crippen LogP) is 7.29. The molecule has 0 aromatic carbocycles. The Hall–Kier alpha value is -2.01. The average molecular weight is 578 g/mol. The molecular formula is C33H46F3NO4. The fraction of sp³-hybridized carbons (Fsp3) is 0.818. The number of hydrogen-bond acceptors (Lipinski definition) is 5. The summed E-state index contributed by atoms with van der Waals surface area (Å²) in [4.78, 5) is 36.1. The molecule has 5 nitrogen and oxygen atoms in total. The molecule has 228 valence electrons. The van der Waals surface area contributed by atoms with Gasteiger partial charge in [-0.15, -0.1) is 0 Å². The number of carbonyl (C=O) groups is 3. The zero-order valence-corrected chi connectivity index (χ0v) is 25.6. The second-order valence-electron chi connectivity index (χ2n) is 15.5. The van der Waals surface area contributed by atoms with E-state index < -0.39 is 17.9 Å². The summed E-state index contributed by atoms with van der Waals surface area (Å²) >= 11 is 0. The molecule has 8 atom stereocenters. The Kier molecular flexibility index (Phi) is 8.03. The maximum atomic E-state index is 14.2. The molecule has 5 rings (SSSR count). The van der Waals surface area contributed by atoms with Gasteiger partial charge in [-0.1, -0.05) is 47.6 Å². The van der Waals surface area contributed by atoms with Crippen LogP contribution in [0, 0.1) is 68.0 Å². The van der Waals surface area contributed by atoms with E-state index >= 15 is 0 Å². The molecule has 4 fully saturated rings. The number of nitrogens with zero attached hydrogens (tertiary/aromatic N) is 1. The minimum atomic E-state index is -4.64. The maximum absolute atomic E-state index is 14.2. The molecule has 0 saturated heterocycles. The summed E-state index contributed by atoms with van der Waals surface area (Å²) in [7, 11) is 1.82. The van der Waals surface area contributed by atoms with Crippen LogP contribution in [0.5, 0.6) is 0 Å². The van der Waals surface area contributed by atoms with Gasteiger partial charge in [0.25, 0.3) is 0 Å². The van der Waals surface area contributed by atoms with Crippen LogP contribution in [0.1, 0.15) is 92.9 Å². The van der Waals surface area contributed by atoms with Crippen molar-refractivity contribution in [1.29, 1.82) is 5.26 Å². The Bertz CT molecular complexity index is 1170. The molecular weight excluding hydrogens is 531 g/mol. The van der Waals surface area contributed by atoms with E-state index in [-0.39, 0.29) is 45.2 Å². The zero-order chi connectivity index (χ0) is 30.8. The summed E-state index contributed by atoms with van der Waals surface area (Å²) in [6, 6.07) is 2.22. The quantitative estimate of drug-likeness (QED) is 0.322. The summed E-state index contributed by atoms with van der Waals surface area (Å²) in [6.07, 6.45) is 4.70. The second kappa shape index (κ2) is 10.3. The number of nitriles is 1. The van der Waals surface area contributed by atoms with Crippen molar-refractivity contribution in [3.05, 3.63) is 11.6 Å². The number of allylic oxidation sites excluding steroid dienone is 2. The molecule has 0 aromatic rings. The molecule has 5 aliphatic carbocycles. The highest BCUT2D eigenvalue weighted by Crippen LogP contribution is 2.71. The molecule has 4 saturated carbocycles. The number of ether oxygens (including phenoxy) is 1. The number of fused-ring (bicyclic) bond motifs is 7. The van der Waals surface area contributed by atoms with Gasteiger partial charge in [0.2, 0.25) is 6.29 Å². The van der Waals surface area contributed by atoms with Crippen LogP contribution in [0.4, 0.5) is 13.2 Å². The summed E-state index contributed by atoms with van der Waals surface area (Å²) < 4.78 is 37.1. The van der Waals surface area contributed by atoms with E-state index in [0.717, 1.165) is 38.7 Å². The molecule has 0 heterocycles. The third-order valence-corrected chi connectivity index (χ3v) is 12.4. The third kappa shape index (κ3) is 5.12. The number of rotatable bonds is 2. The lowest BCUT2D eigenvalue weighted by atomic mass is 9.35. The number of carbonyl (C=O) groups excluding carboxylic acids is 3. The van der Waals surface area contributed by atoms with Gasteiger partial charge in [0.15, 0.2) is 5.78 Å². The lowest BCUT2D eigenvalue weighted by Crippen LogP contribution is -2.65. The molecule has 0 N–H and O–H groups in total. The van der Waals surface area contributed by atoms with Crippen LogP contribution in [-0.2, 0) is 19.1 Å². The maximum Gasteiger partial charge on any atom is 0.446 e. The topological polar surface area (TPSA) is 84.2 Å². The second-order valence-corrected chi connectivity index (χ2v) is 15.5. The Morgan fingerprint density at radius 1 is 1.00 bits per heavy atom. The standard InChI is InChI=1S/C31H45NO3.C2HF3O/c1-27(2)12-13-31(18-35-7)11-8-20-25(21(31)16-27)22(33)14-24-29(20,5)10-9-23-28(3,4)26(34)19(17-32)15-30(23,24)6;3-2(4,5)1-6/h15,20-21,23-25H,8-14,16,18H2,1-7H3;1H. The average Bonchev–Trinajstić information content (AvgIpc) is 2.87. The van der Waals surface area contributed by atoms with Crippen molar-refractivity contribution in [2.24, 2.45) is 56.7 Å². The van der Waals surface area contributed by atoms with Gasteiger partial charge in [0.1, 0.15) is 11.9 Å². The molecule has 41 heavy (non-hydrogen) atoms. The Morgan fingerprint density at radius 2 is 1.63 bits per heavy atom. The van der Waals surface area contributed by atoms with Gasteiger partial charge in [-0.3, -0.25) is 14.4 Å². The smallest absolute Gasteiger partial charge is 0.384 e. The first-order valence-electron chi connectivity index (χ1n) is 15.0. The zero-order valence-electron chi connectivity index (χ0n) is 25.6. The van der Waals surface area contributed by atoms with E-state index in [1.807, 2.05) is 27.0 Å². The van der Waals surface area contributed by atoms with Gasteiger partial charge in [0, 0.05) is 24.9 Å². The molecule has 0 aromatic heterocycles. The summed E-state index contributed by atoms with van der Waals surface area (Å²) in [6.45, 7) is 14.3. The number of Topliss-reactive ketones (excluding diaryl/α,β-unsaturated/α-hetero) is 2. The van der Waals surface area contributed by atoms with Crippen LogP contribution in [-0.4, -0.2) is 37.7 Å². The fourth-order valence-electron chi connectivity index (χ4n) is 10.6. The van der Waals surface area contributed by atoms with E-state index in [1.165, 1.54) is 12.8 Å². The number of alkyl halides is 3. The van der Waals surface area contributed by atoms with Gasteiger partial charge in [-0.25, -0.2) is 0 Å². The minimum Gasteiger partial charge on any atom is -0.384 e. The monoisotopic (exact) mass is 577 g/mol. The molecule has 0 radical (unpaired) electrons. The first-order chi connectivity index (χ1) is 18.8. The SMILES string of the molecule is COCC12CCC3C(C(=O)CC4C5(C)C=C(C#N)C(=O)C(C)(C)C5CCC34C)C1CC(C)(C)CC2.O=CC(F)(F)F. The highest BCUT2D eigenvalue weighted by atomic mass is 19.4. The van der Waals surface area contributed by atoms with Crippen LogP contribution in [0.15, 0.2) is 11.6 Å². The Morgan fingerprint density at radius 3 is 2.20 bits per heavy atom. The highest BCUT2D eigenvalue weighted by Gasteiger charge is 2.68. The van der Waals surface area contributed by atoms with E-state index in [2.05, 4.69) is 33.8 Å². The molecule has 5 aliphatic rings. The van der Waals surface area contributed by atoms with E-state index in [0.29, 0.717) is 29.6 Å². The van der Waals surface area contributed by atoms with Gasteiger partial charge in [-0.05, 0) is 90.3 Å². The first kappa shape index (κ1) is 31.9. The van der Waals surface area contributed by atoms with Crippen LogP contribution >= 0.6 is 0 Å². The molecule has 0 spiro atoms. The highest BCUT2D eigenvalue weighted by molar-refractivity contribution is 6.04. The summed E-state index contributed by atoms with van der Waals surface area (Å²) in [5.74, 6) is 1.70. The van der Waals surface area contributed by atoms with Crippen molar-refractivity contribution < 1.29 is 32.3 Å². The van der Waals surface area contributed by atoms with Crippen LogP contribution in [0.25, 0.3) is 0 Å². The van der Waals surface area contributed by atoms with Gasteiger partial charge in [-0.2, -0.15) is 18.4 Å². The van der Waals surface area contributed by atoms with E-state index in [1.54, 1.807) is 0 Å². The largest absolute Gasteiger partial charge is 0.446 e. The lowest BCUT2D eigenvalue weighted by Gasteiger charge is -2.68. The number of ketones is 2. The molecule has 8 unspecified atom stereocenters.